The average molecular weight is 433 g/mol. The lowest BCUT2D eigenvalue weighted by Gasteiger charge is -2.43. The molecule has 1 nitrogen and oxygen atoms in total. The number of rotatable bonds is 6. The molecule has 4 rings (SSSR count). The summed E-state index contributed by atoms with van der Waals surface area (Å²) >= 11 is 6.02. The summed E-state index contributed by atoms with van der Waals surface area (Å²) < 4.78 is 7.05. The molecule has 0 amide bonds. The first-order chi connectivity index (χ1) is 14.4. The second kappa shape index (κ2) is 8.54. The van der Waals surface area contributed by atoms with Gasteiger partial charge in [-0.25, -0.2) is 0 Å². The largest absolute Gasteiger partial charge is 0.407 e. The van der Waals surface area contributed by atoms with Gasteiger partial charge in [-0.1, -0.05) is 117 Å². The number of benzene rings is 3. The van der Waals surface area contributed by atoms with Crippen LogP contribution in [0.25, 0.3) is 6.08 Å². The highest BCUT2D eigenvalue weighted by molar-refractivity contribution is 6.99. The van der Waals surface area contributed by atoms with Crippen LogP contribution >= 0.6 is 11.6 Å². The minimum atomic E-state index is -2.45. The van der Waals surface area contributed by atoms with E-state index in [9.17, 15) is 0 Å². The van der Waals surface area contributed by atoms with Gasteiger partial charge in [-0.15, -0.1) is 0 Å². The molecule has 3 heteroatoms. The van der Waals surface area contributed by atoms with Gasteiger partial charge in [-0.05, 0) is 39.5 Å². The molecule has 0 aromatic heterocycles. The molecule has 1 atom stereocenters. The van der Waals surface area contributed by atoms with Crippen LogP contribution in [0, 0.1) is 5.92 Å². The van der Waals surface area contributed by atoms with E-state index >= 15 is 0 Å². The Hall–Kier alpha value is -2.13. The molecule has 0 heterocycles. The molecular weight excluding hydrogens is 404 g/mol. The number of hydrogen-bond acceptors (Lipinski definition) is 1. The molecule has 1 aliphatic rings. The molecule has 154 valence electrons. The summed E-state index contributed by atoms with van der Waals surface area (Å²) in [6.07, 6.45) is 3.40. The van der Waals surface area contributed by atoms with Crippen molar-refractivity contribution in [2.24, 2.45) is 5.92 Å². The van der Waals surface area contributed by atoms with E-state index in [2.05, 4.69) is 99.6 Å². The van der Waals surface area contributed by atoms with E-state index in [1.165, 1.54) is 21.5 Å². The standard InChI is InChI=1S/C27H29ClOSi/c1-27(2,3)30(25-10-6-4-7-11-25,26-12-8-5-9-13-26)29-20-23-19-22(23)18-21-14-16-24(28)17-15-21/h4-18,23H,19-20H2,1-3H3/b22-18-/t23-/m0/s1. The van der Waals surface area contributed by atoms with Crippen molar-refractivity contribution in [3.05, 3.63) is 101 Å². The molecule has 0 unspecified atom stereocenters. The molecule has 30 heavy (non-hydrogen) atoms. The summed E-state index contributed by atoms with van der Waals surface area (Å²) in [5, 5.41) is 3.48. The Morgan fingerprint density at radius 3 is 1.90 bits per heavy atom. The van der Waals surface area contributed by atoms with Crippen LogP contribution in [0.1, 0.15) is 32.8 Å². The Kier molecular flexibility index (Phi) is 6.01. The van der Waals surface area contributed by atoms with Gasteiger partial charge in [0.15, 0.2) is 0 Å². The van der Waals surface area contributed by atoms with Crippen LogP contribution in [0.5, 0.6) is 0 Å². The van der Waals surface area contributed by atoms with E-state index in [1.807, 2.05) is 12.1 Å². The van der Waals surface area contributed by atoms with Crippen molar-refractivity contribution < 1.29 is 4.43 Å². The van der Waals surface area contributed by atoms with Crippen molar-refractivity contribution in [2.75, 3.05) is 6.61 Å². The molecule has 3 aromatic rings. The zero-order valence-electron chi connectivity index (χ0n) is 17.9. The fourth-order valence-electron chi connectivity index (χ4n) is 4.33. The van der Waals surface area contributed by atoms with Crippen molar-refractivity contribution in [2.45, 2.75) is 32.2 Å². The van der Waals surface area contributed by atoms with Gasteiger partial charge in [0.2, 0.25) is 0 Å². The van der Waals surface area contributed by atoms with Crippen molar-refractivity contribution in [1.29, 1.82) is 0 Å². The maximum Gasteiger partial charge on any atom is 0.261 e. The zero-order valence-corrected chi connectivity index (χ0v) is 19.7. The third kappa shape index (κ3) is 4.32. The number of hydrogen-bond donors (Lipinski definition) is 0. The van der Waals surface area contributed by atoms with Gasteiger partial charge in [0.05, 0.1) is 0 Å². The first kappa shape index (κ1) is 21.1. The monoisotopic (exact) mass is 432 g/mol. The predicted molar refractivity (Wildman–Crippen MR) is 131 cm³/mol. The molecule has 1 aliphatic carbocycles. The van der Waals surface area contributed by atoms with Crippen LogP contribution in [-0.2, 0) is 4.43 Å². The maximum absolute atomic E-state index is 7.05. The van der Waals surface area contributed by atoms with E-state index in [1.54, 1.807) is 0 Å². The quantitative estimate of drug-likeness (QED) is 0.414. The normalized spacial score (nSPS) is 17.9. The van der Waals surface area contributed by atoms with Gasteiger partial charge in [-0.3, -0.25) is 0 Å². The van der Waals surface area contributed by atoms with Crippen LogP contribution in [0.3, 0.4) is 0 Å². The highest BCUT2D eigenvalue weighted by atomic mass is 35.5. The molecule has 0 bridgehead atoms. The Balaban J connectivity index is 1.62. The Bertz CT molecular complexity index is 965. The third-order valence-corrected chi connectivity index (χ3v) is 11.2. The van der Waals surface area contributed by atoms with Crippen LogP contribution in [-0.4, -0.2) is 14.9 Å². The molecule has 3 aromatic carbocycles. The van der Waals surface area contributed by atoms with Crippen molar-refractivity contribution in [1.82, 2.24) is 0 Å². The molecule has 0 aliphatic heterocycles. The minimum absolute atomic E-state index is 0.0185. The molecule has 1 fully saturated rings. The summed E-state index contributed by atoms with van der Waals surface area (Å²) in [5.41, 5.74) is 2.68. The first-order valence-corrected chi connectivity index (χ1v) is 12.9. The van der Waals surface area contributed by atoms with Crippen molar-refractivity contribution in [3.8, 4) is 0 Å². The lowest BCUT2D eigenvalue weighted by molar-refractivity contribution is 0.285. The lowest BCUT2D eigenvalue weighted by atomic mass is 10.2. The Morgan fingerprint density at radius 2 is 1.40 bits per heavy atom. The third-order valence-electron chi connectivity index (χ3n) is 5.99. The summed E-state index contributed by atoms with van der Waals surface area (Å²) in [5.74, 6) is 0.502. The summed E-state index contributed by atoms with van der Waals surface area (Å²) in [6.45, 7) is 7.76. The van der Waals surface area contributed by atoms with E-state index in [0.717, 1.165) is 18.1 Å². The summed E-state index contributed by atoms with van der Waals surface area (Å²) in [4.78, 5) is 0. The number of halogens is 1. The molecule has 0 spiro atoms. The SMILES string of the molecule is CC(C)(C)[Si](OC[C@@H]1C/C1=C/c1ccc(Cl)cc1)(c1ccccc1)c1ccccc1. The molecule has 0 N–H and O–H groups in total. The molecule has 0 radical (unpaired) electrons. The molecule has 1 saturated carbocycles. The van der Waals surface area contributed by atoms with Crippen LogP contribution < -0.4 is 10.4 Å². The molecular formula is C27H29ClOSi. The second-order valence-electron chi connectivity index (χ2n) is 9.15. The van der Waals surface area contributed by atoms with Gasteiger partial charge in [0.1, 0.15) is 0 Å². The van der Waals surface area contributed by atoms with Crippen LogP contribution in [0.2, 0.25) is 10.1 Å². The van der Waals surface area contributed by atoms with Gasteiger partial charge in [0, 0.05) is 17.5 Å². The van der Waals surface area contributed by atoms with E-state index < -0.39 is 8.32 Å². The summed E-state index contributed by atoms with van der Waals surface area (Å²) in [6, 6.07) is 29.8. The highest BCUT2D eigenvalue weighted by Gasteiger charge is 2.51. The zero-order chi connectivity index (χ0) is 21.2. The van der Waals surface area contributed by atoms with Gasteiger partial charge in [-0.2, -0.15) is 0 Å². The van der Waals surface area contributed by atoms with Crippen LogP contribution in [0.4, 0.5) is 0 Å². The Labute approximate surface area is 186 Å². The minimum Gasteiger partial charge on any atom is -0.407 e. The van der Waals surface area contributed by atoms with E-state index in [4.69, 9.17) is 16.0 Å². The van der Waals surface area contributed by atoms with Gasteiger partial charge in [0.25, 0.3) is 8.32 Å². The lowest BCUT2D eigenvalue weighted by Crippen LogP contribution is -2.66. The Morgan fingerprint density at radius 1 is 0.867 bits per heavy atom. The predicted octanol–water partition coefficient (Wildman–Crippen LogP) is 6.32. The molecule has 0 saturated heterocycles. The second-order valence-corrected chi connectivity index (χ2v) is 13.9. The van der Waals surface area contributed by atoms with Crippen LogP contribution in [0.15, 0.2) is 90.5 Å². The highest BCUT2D eigenvalue weighted by Crippen LogP contribution is 2.43. The average Bonchev–Trinajstić information content (AvgIpc) is 3.48. The van der Waals surface area contributed by atoms with E-state index in [-0.39, 0.29) is 5.04 Å². The fraction of sp³-hybridized carbons (Fsp3) is 0.259. The van der Waals surface area contributed by atoms with Crippen molar-refractivity contribution in [3.63, 3.8) is 0 Å². The first-order valence-electron chi connectivity index (χ1n) is 10.6. The maximum atomic E-state index is 7.05. The topological polar surface area (TPSA) is 9.23 Å². The van der Waals surface area contributed by atoms with E-state index in [0.29, 0.717) is 5.92 Å². The van der Waals surface area contributed by atoms with Gasteiger partial charge >= 0.3 is 0 Å². The smallest absolute Gasteiger partial charge is 0.261 e. The van der Waals surface area contributed by atoms with Crippen molar-refractivity contribution >= 4 is 36.4 Å². The van der Waals surface area contributed by atoms with Gasteiger partial charge < -0.3 is 4.43 Å². The fourth-order valence-corrected chi connectivity index (χ4v) is 9.06. The summed E-state index contributed by atoms with van der Waals surface area (Å²) in [7, 11) is -2.45.